The van der Waals surface area contributed by atoms with E-state index in [-0.39, 0.29) is 11.9 Å². The van der Waals surface area contributed by atoms with Gasteiger partial charge in [0.1, 0.15) is 5.75 Å². The molecule has 3 nitrogen and oxygen atoms in total. The van der Waals surface area contributed by atoms with Crippen LogP contribution >= 0.6 is 0 Å². The van der Waals surface area contributed by atoms with Gasteiger partial charge in [0.25, 0.3) is 0 Å². The van der Waals surface area contributed by atoms with Gasteiger partial charge in [-0.25, -0.2) is 0 Å². The van der Waals surface area contributed by atoms with Gasteiger partial charge in [0.2, 0.25) is 5.91 Å². The van der Waals surface area contributed by atoms with Crippen molar-refractivity contribution in [3.05, 3.63) is 29.8 Å². The molecule has 0 aromatic heterocycles. The zero-order valence-electron chi connectivity index (χ0n) is 12.6. The summed E-state index contributed by atoms with van der Waals surface area (Å²) in [5.74, 6) is 1.68. The summed E-state index contributed by atoms with van der Waals surface area (Å²) in [5, 5.41) is 3.12. The molecular weight excluding hydrogens is 238 g/mol. The zero-order valence-corrected chi connectivity index (χ0v) is 12.6. The van der Waals surface area contributed by atoms with Crippen molar-refractivity contribution in [3.8, 4) is 5.75 Å². The molecule has 0 fully saturated rings. The van der Waals surface area contributed by atoms with Crippen LogP contribution in [0.4, 0.5) is 0 Å². The van der Waals surface area contributed by atoms with E-state index in [1.807, 2.05) is 24.3 Å². The molecule has 3 heteroatoms. The predicted molar refractivity (Wildman–Crippen MR) is 78.2 cm³/mol. The molecule has 0 heterocycles. The first-order valence-corrected chi connectivity index (χ1v) is 6.87. The van der Waals surface area contributed by atoms with E-state index < -0.39 is 0 Å². The Bertz CT molecular complexity index is 396. The second kappa shape index (κ2) is 7.17. The van der Waals surface area contributed by atoms with Crippen LogP contribution in [-0.2, 0) is 4.79 Å². The molecule has 1 atom stereocenters. The Morgan fingerprint density at radius 2 is 1.74 bits per heavy atom. The third-order valence-electron chi connectivity index (χ3n) is 3.05. The van der Waals surface area contributed by atoms with E-state index in [9.17, 15) is 4.79 Å². The summed E-state index contributed by atoms with van der Waals surface area (Å²) >= 11 is 0. The van der Waals surface area contributed by atoms with Gasteiger partial charge in [-0.2, -0.15) is 0 Å². The number of rotatable bonds is 6. The van der Waals surface area contributed by atoms with Crippen LogP contribution in [-0.4, -0.2) is 13.0 Å². The summed E-state index contributed by atoms with van der Waals surface area (Å²) in [6.07, 6.45) is 0.569. The minimum Gasteiger partial charge on any atom is -0.497 e. The molecule has 0 bridgehead atoms. The Labute approximate surface area is 116 Å². The fourth-order valence-corrected chi connectivity index (χ4v) is 2.05. The van der Waals surface area contributed by atoms with Crippen molar-refractivity contribution in [1.29, 1.82) is 0 Å². The lowest BCUT2D eigenvalue weighted by Crippen LogP contribution is -2.32. The van der Waals surface area contributed by atoms with Crippen molar-refractivity contribution < 1.29 is 9.53 Å². The zero-order chi connectivity index (χ0) is 14.4. The lowest BCUT2D eigenvalue weighted by molar-refractivity contribution is -0.122. The molecule has 0 spiro atoms. The molecule has 106 valence electrons. The largest absolute Gasteiger partial charge is 0.497 e. The summed E-state index contributed by atoms with van der Waals surface area (Å²) in [7, 11) is 1.65. The quantitative estimate of drug-likeness (QED) is 0.852. The van der Waals surface area contributed by atoms with Gasteiger partial charge in [-0.05, 0) is 29.5 Å². The highest BCUT2D eigenvalue weighted by atomic mass is 16.5. The average molecular weight is 263 g/mol. The number of carbonyl (C=O) groups excluding carboxylic acids is 1. The molecule has 1 amide bonds. The predicted octanol–water partition coefficient (Wildman–Crippen LogP) is 3.55. The van der Waals surface area contributed by atoms with Gasteiger partial charge in [-0.3, -0.25) is 4.79 Å². The van der Waals surface area contributed by atoms with E-state index in [1.165, 1.54) is 0 Å². The summed E-state index contributed by atoms with van der Waals surface area (Å²) in [5.41, 5.74) is 1.12. The summed E-state index contributed by atoms with van der Waals surface area (Å²) < 4.78 is 5.16. The summed E-state index contributed by atoms with van der Waals surface area (Å²) in [6.45, 7) is 8.34. The summed E-state index contributed by atoms with van der Waals surface area (Å²) in [6, 6.07) is 7.94. The maximum atomic E-state index is 11.9. The van der Waals surface area contributed by atoms with Crippen molar-refractivity contribution in [2.45, 2.75) is 40.2 Å². The van der Waals surface area contributed by atoms with E-state index in [4.69, 9.17) is 4.74 Å². The van der Waals surface area contributed by atoms with Gasteiger partial charge in [-0.15, -0.1) is 0 Å². The van der Waals surface area contributed by atoms with Gasteiger partial charge >= 0.3 is 0 Å². The maximum absolute atomic E-state index is 11.9. The Morgan fingerprint density at radius 1 is 1.16 bits per heavy atom. The van der Waals surface area contributed by atoms with E-state index in [0.717, 1.165) is 11.3 Å². The van der Waals surface area contributed by atoms with E-state index >= 15 is 0 Å². The second-order valence-electron chi connectivity index (χ2n) is 5.66. The molecule has 1 unspecified atom stereocenters. The molecule has 0 aliphatic carbocycles. The lowest BCUT2D eigenvalue weighted by Gasteiger charge is -2.23. The van der Waals surface area contributed by atoms with Crippen LogP contribution in [0, 0.1) is 11.8 Å². The molecular formula is C16H25NO2. The Morgan fingerprint density at radius 3 is 2.16 bits per heavy atom. The Hall–Kier alpha value is -1.51. The van der Waals surface area contributed by atoms with Crippen molar-refractivity contribution in [2.24, 2.45) is 11.8 Å². The highest BCUT2D eigenvalue weighted by Gasteiger charge is 2.18. The van der Waals surface area contributed by atoms with Crippen LogP contribution in [0.3, 0.4) is 0 Å². The number of hydrogen-bond acceptors (Lipinski definition) is 2. The smallest absolute Gasteiger partial charge is 0.220 e. The standard InChI is InChI=1S/C16H25NO2/c1-11(2)10-15(18)17-16(12(3)4)13-6-8-14(19-5)9-7-13/h6-9,11-12,16H,10H2,1-5H3,(H,17,18). The molecule has 1 N–H and O–H groups in total. The minimum absolute atomic E-state index is 0.0529. The first-order chi connectivity index (χ1) is 8.93. The Kier molecular flexibility index (Phi) is 5.87. The third-order valence-corrected chi connectivity index (χ3v) is 3.05. The first-order valence-electron chi connectivity index (χ1n) is 6.87. The number of ether oxygens (including phenoxy) is 1. The minimum atomic E-state index is 0.0529. The fourth-order valence-electron chi connectivity index (χ4n) is 2.05. The SMILES string of the molecule is COc1ccc(C(NC(=O)CC(C)C)C(C)C)cc1. The third kappa shape index (κ3) is 4.93. The molecule has 0 aliphatic heterocycles. The average Bonchev–Trinajstić information content (AvgIpc) is 2.35. The van der Waals surface area contributed by atoms with Crippen molar-refractivity contribution >= 4 is 5.91 Å². The van der Waals surface area contributed by atoms with Gasteiger partial charge in [0, 0.05) is 6.42 Å². The normalized spacial score (nSPS) is 12.6. The molecule has 19 heavy (non-hydrogen) atoms. The molecule has 1 aromatic carbocycles. The number of benzene rings is 1. The lowest BCUT2D eigenvalue weighted by atomic mass is 9.95. The van der Waals surface area contributed by atoms with Crippen LogP contribution in [0.5, 0.6) is 5.75 Å². The monoisotopic (exact) mass is 263 g/mol. The molecule has 1 aromatic rings. The number of amides is 1. The summed E-state index contributed by atoms with van der Waals surface area (Å²) in [4.78, 5) is 11.9. The van der Waals surface area contributed by atoms with Gasteiger partial charge in [-0.1, -0.05) is 39.8 Å². The second-order valence-corrected chi connectivity index (χ2v) is 5.66. The van der Waals surface area contributed by atoms with Crippen LogP contribution < -0.4 is 10.1 Å². The Balaban J connectivity index is 2.79. The van der Waals surface area contributed by atoms with Crippen LogP contribution in [0.2, 0.25) is 0 Å². The van der Waals surface area contributed by atoms with Crippen LogP contribution in [0.1, 0.15) is 45.7 Å². The van der Waals surface area contributed by atoms with Crippen molar-refractivity contribution in [2.75, 3.05) is 7.11 Å². The highest BCUT2D eigenvalue weighted by Crippen LogP contribution is 2.24. The van der Waals surface area contributed by atoms with E-state index in [2.05, 4.69) is 33.0 Å². The van der Waals surface area contributed by atoms with Gasteiger partial charge < -0.3 is 10.1 Å². The van der Waals surface area contributed by atoms with Gasteiger partial charge in [0.05, 0.1) is 13.2 Å². The van der Waals surface area contributed by atoms with Crippen LogP contribution in [0.15, 0.2) is 24.3 Å². The fraction of sp³-hybridized carbons (Fsp3) is 0.562. The van der Waals surface area contributed by atoms with E-state index in [0.29, 0.717) is 18.3 Å². The number of carbonyl (C=O) groups is 1. The molecule has 0 radical (unpaired) electrons. The highest BCUT2D eigenvalue weighted by molar-refractivity contribution is 5.76. The molecule has 0 saturated carbocycles. The van der Waals surface area contributed by atoms with Crippen molar-refractivity contribution in [3.63, 3.8) is 0 Å². The molecule has 0 saturated heterocycles. The van der Waals surface area contributed by atoms with Gasteiger partial charge in [0.15, 0.2) is 0 Å². The molecule has 1 rings (SSSR count). The number of methoxy groups -OCH3 is 1. The van der Waals surface area contributed by atoms with Crippen LogP contribution in [0.25, 0.3) is 0 Å². The van der Waals surface area contributed by atoms with Crippen molar-refractivity contribution in [1.82, 2.24) is 5.32 Å². The maximum Gasteiger partial charge on any atom is 0.220 e. The number of nitrogens with one attached hydrogen (secondary N) is 1. The van der Waals surface area contributed by atoms with E-state index in [1.54, 1.807) is 7.11 Å². The topological polar surface area (TPSA) is 38.3 Å². The number of hydrogen-bond donors (Lipinski definition) is 1. The molecule has 0 aliphatic rings. The first kappa shape index (κ1) is 15.5.